The molecule has 5 N–H and O–H groups in total. The van der Waals surface area contributed by atoms with Crippen LogP contribution >= 0.6 is 0 Å². The normalized spacial score (nSPS) is 14.5. The van der Waals surface area contributed by atoms with Crippen molar-refractivity contribution in [2.45, 2.75) is 99.5 Å². The van der Waals surface area contributed by atoms with E-state index in [9.17, 15) is 27.6 Å². The maximum Gasteiger partial charge on any atom is 0.265 e. The second-order valence-electron chi connectivity index (χ2n) is 13.4. The lowest BCUT2D eigenvalue weighted by molar-refractivity contribution is -0.890. The van der Waals surface area contributed by atoms with Gasteiger partial charge >= 0.3 is 0 Å². The van der Waals surface area contributed by atoms with Gasteiger partial charge in [0.25, 0.3) is 10.1 Å². The average molecular weight is 635 g/mol. The Hall–Kier alpha value is -2.25. The van der Waals surface area contributed by atoms with Gasteiger partial charge in [-0.3, -0.25) is 23.7 Å². The summed E-state index contributed by atoms with van der Waals surface area (Å²) in [6, 6.07) is -0.00837. The maximum atomic E-state index is 13.2. The van der Waals surface area contributed by atoms with E-state index in [4.69, 9.17) is 4.55 Å². The number of hydrogen-bond donors (Lipinski definition) is 5. The van der Waals surface area contributed by atoms with Crippen molar-refractivity contribution < 1.29 is 36.6 Å². The molecule has 0 aliphatic heterocycles. The van der Waals surface area contributed by atoms with E-state index in [1.807, 2.05) is 62.6 Å². The van der Waals surface area contributed by atoms with Gasteiger partial charge in [-0.2, -0.15) is 8.42 Å². The van der Waals surface area contributed by atoms with Crippen LogP contribution in [0.5, 0.6) is 0 Å². The van der Waals surface area contributed by atoms with Crippen LogP contribution in [0.3, 0.4) is 0 Å². The van der Waals surface area contributed by atoms with Gasteiger partial charge in [-0.25, -0.2) is 0 Å². The van der Waals surface area contributed by atoms with Crippen LogP contribution < -0.4 is 21.3 Å². The predicted molar refractivity (Wildman–Crippen MR) is 169 cm³/mol. The van der Waals surface area contributed by atoms with Gasteiger partial charge in [0.2, 0.25) is 23.6 Å². The molecule has 12 nitrogen and oxygen atoms in total. The second-order valence-corrected chi connectivity index (χ2v) is 15.0. The van der Waals surface area contributed by atoms with Gasteiger partial charge in [0.1, 0.15) is 0 Å². The number of nitrogens with one attached hydrogen (secondary N) is 4. The topological polar surface area (TPSA) is 171 Å². The summed E-state index contributed by atoms with van der Waals surface area (Å²) in [4.78, 5) is 51.0. The smallest absolute Gasteiger partial charge is 0.265 e. The SMILES string of the molecule is CCC(C)C(=O)NCNC(=O)CC(CC(CC)C(=O)NC(C)C)CC(C)(C)C(=O)NCCC[N+](C)(C)CCCS(=O)(=O)O. The molecule has 0 aromatic heterocycles. The zero-order valence-corrected chi connectivity index (χ0v) is 28.9. The molecule has 0 saturated heterocycles. The van der Waals surface area contributed by atoms with Crippen molar-refractivity contribution in [1.82, 2.24) is 21.3 Å². The van der Waals surface area contributed by atoms with Crippen LogP contribution in [0.15, 0.2) is 0 Å². The summed E-state index contributed by atoms with van der Waals surface area (Å²) in [7, 11) is -0.0344. The number of quaternary nitrogens is 1. The van der Waals surface area contributed by atoms with E-state index in [0.717, 1.165) is 0 Å². The molecule has 0 radical (unpaired) electrons. The molecule has 0 heterocycles. The van der Waals surface area contributed by atoms with Gasteiger partial charge in [-0.05, 0) is 45.4 Å². The number of carbonyl (C=O) groups excluding carboxylic acids is 4. The molecule has 252 valence electrons. The summed E-state index contributed by atoms with van der Waals surface area (Å²) < 4.78 is 31.5. The molecule has 43 heavy (non-hydrogen) atoms. The van der Waals surface area contributed by atoms with Crippen molar-refractivity contribution in [3.05, 3.63) is 0 Å². The third kappa shape index (κ3) is 18.9. The molecule has 13 heteroatoms. The Balaban J connectivity index is 5.26. The largest absolute Gasteiger partial charge is 0.355 e. The summed E-state index contributed by atoms with van der Waals surface area (Å²) >= 11 is 0. The fraction of sp³-hybridized carbons (Fsp3) is 0.867. The molecule has 0 aliphatic rings. The van der Waals surface area contributed by atoms with E-state index in [-0.39, 0.29) is 66.3 Å². The van der Waals surface area contributed by atoms with Crippen molar-refractivity contribution in [2.75, 3.05) is 46.2 Å². The lowest BCUT2D eigenvalue weighted by Gasteiger charge is -2.31. The quantitative estimate of drug-likeness (QED) is 0.0527. The molecular formula is C30H60N5O7S+. The Bertz CT molecular complexity index is 999. The number of rotatable bonds is 22. The van der Waals surface area contributed by atoms with Gasteiger partial charge in [-0.1, -0.05) is 34.6 Å². The van der Waals surface area contributed by atoms with E-state index in [1.165, 1.54) is 0 Å². The van der Waals surface area contributed by atoms with E-state index in [0.29, 0.717) is 62.6 Å². The van der Waals surface area contributed by atoms with Crippen LogP contribution in [0, 0.1) is 23.2 Å². The third-order valence-electron chi connectivity index (χ3n) is 7.80. The first-order valence-electron chi connectivity index (χ1n) is 15.6. The summed E-state index contributed by atoms with van der Waals surface area (Å²) in [5.41, 5.74) is -0.803. The van der Waals surface area contributed by atoms with Crippen molar-refractivity contribution >= 4 is 33.7 Å². The molecule has 4 amide bonds. The number of carbonyl (C=O) groups is 4. The molecule has 0 bridgehead atoms. The lowest BCUT2D eigenvalue weighted by atomic mass is 9.76. The Kier molecular flexibility index (Phi) is 18.2. The predicted octanol–water partition coefficient (Wildman–Crippen LogP) is 2.45. The van der Waals surface area contributed by atoms with Crippen molar-refractivity contribution in [2.24, 2.45) is 23.2 Å². The highest BCUT2D eigenvalue weighted by molar-refractivity contribution is 7.85. The number of nitrogens with zero attached hydrogens (tertiary/aromatic N) is 1. The maximum absolute atomic E-state index is 13.2. The molecule has 0 spiro atoms. The van der Waals surface area contributed by atoms with E-state index in [1.54, 1.807) is 0 Å². The van der Waals surface area contributed by atoms with Gasteiger partial charge < -0.3 is 25.8 Å². The first-order valence-corrected chi connectivity index (χ1v) is 17.2. The summed E-state index contributed by atoms with van der Waals surface area (Å²) in [6.45, 7) is 14.9. The highest BCUT2D eigenvalue weighted by Crippen LogP contribution is 2.32. The summed E-state index contributed by atoms with van der Waals surface area (Å²) in [5, 5.41) is 11.4. The van der Waals surface area contributed by atoms with Gasteiger partial charge in [0.05, 0.1) is 39.6 Å². The number of amides is 4. The van der Waals surface area contributed by atoms with E-state index in [2.05, 4.69) is 21.3 Å². The Labute approximate surface area is 260 Å². The molecule has 0 aromatic rings. The molecule has 0 aromatic carbocycles. The van der Waals surface area contributed by atoms with Crippen LogP contribution in [0.1, 0.15) is 93.4 Å². The lowest BCUT2D eigenvalue weighted by Crippen LogP contribution is -2.44. The monoisotopic (exact) mass is 634 g/mol. The van der Waals surface area contributed by atoms with E-state index >= 15 is 0 Å². The number of hydrogen-bond acceptors (Lipinski definition) is 6. The molecule has 0 saturated carbocycles. The van der Waals surface area contributed by atoms with Crippen molar-refractivity contribution in [3.8, 4) is 0 Å². The van der Waals surface area contributed by atoms with Crippen molar-refractivity contribution in [1.29, 1.82) is 0 Å². The minimum Gasteiger partial charge on any atom is -0.355 e. The zero-order valence-electron chi connectivity index (χ0n) is 28.0. The second kappa shape index (κ2) is 19.2. The molecule has 0 rings (SSSR count). The first-order chi connectivity index (χ1) is 19.7. The molecule has 3 unspecified atom stereocenters. The fourth-order valence-corrected chi connectivity index (χ4v) is 5.47. The van der Waals surface area contributed by atoms with Crippen LogP contribution in [-0.4, -0.2) is 93.3 Å². The van der Waals surface area contributed by atoms with Crippen LogP contribution in [0.2, 0.25) is 0 Å². The first kappa shape index (κ1) is 40.8. The fourth-order valence-electron chi connectivity index (χ4n) is 4.98. The Morgan fingerprint density at radius 3 is 2.02 bits per heavy atom. The van der Waals surface area contributed by atoms with Crippen molar-refractivity contribution in [3.63, 3.8) is 0 Å². The van der Waals surface area contributed by atoms with Crippen LogP contribution in [0.4, 0.5) is 0 Å². The third-order valence-corrected chi connectivity index (χ3v) is 8.60. The summed E-state index contributed by atoms with van der Waals surface area (Å²) in [5.74, 6) is -1.56. The van der Waals surface area contributed by atoms with Crippen LogP contribution in [0.25, 0.3) is 0 Å². The van der Waals surface area contributed by atoms with Gasteiger partial charge in [-0.15, -0.1) is 0 Å². The molecule has 0 aliphatic carbocycles. The van der Waals surface area contributed by atoms with E-state index < -0.39 is 15.5 Å². The molecule has 3 atom stereocenters. The molecular weight excluding hydrogens is 574 g/mol. The van der Waals surface area contributed by atoms with Gasteiger partial charge in [0.15, 0.2) is 0 Å². The van der Waals surface area contributed by atoms with Crippen LogP contribution in [-0.2, 0) is 29.3 Å². The van der Waals surface area contributed by atoms with Gasteiger partial charge in [0, 0.05) is 49.1 Å². The minimum atomic E-state index is -3.98. The molecule has 0 fully saturated rings. The summed E-state index contributed by atoms with van der Waals surface area (Å²) in [6.07, 6.45) is 3.30. The highest BCUT2D eigenvalue weighted by Gasteiger charge is 2.34. The standard InChI is InChI=1S/C30H59N5O7S/c1-10-23(5)27(37)33-21-32-26(36)19-24(18-25(11-2)28(38)34-22(3)4)20-30(6,7)29(39)31-14-12-15-35(8,9)16-13-17-43(40,41)42/h22-25H,10-21H2,1-9H3,(H4-,31,32,33,34,36,37,38,39,40,41,42)/p+1. The average Bonchev–Trinajstić information content (AvgIpc) is 2.87. The Morgan fingerprint density at radius 2 is 1.49 bits per heavy atom. The highest BCUT2D eigenvalue weighted by atomic mass is 32.2. The minimum absolute atomic E-state index is 0.00837. The zero-order chi connectivity index (χ0) is 33.4. The Morgan fingerprint density at radius 1 is 0.884 bits per heavy atom.